The largest absolute Gasteiger partial charge is 0.497 e. The maximum absolute atomic E-state index is 15.0. The van der Waals surface area contributed by atoms with Gasteiger partial charge in [0, 0.05) is 35.3 Å². The molecular weight excluding hydrogens is 512 g/mol. The van der Waals surface area contributed by atoms with Crippen molar-refractivity contribution >= 4 is 17.4 Å². The number of benzene rings is 4. The molecule has 0 bridgehead atoms. The van der Waals surface area contributed by atoms with E-state index < -0.39 is 11.5 Å². The van der Waals surface area contributed by atoms with E-state index in [9.17, 15) is 9.59 Å². The number of methoxy groups -OCH3 is 2. The highest BCUT2D eigenvalue weighted by Gasteiger charge is 2.66. The Morgan fingerprint density at radius 3 is 2.34 bits per heavy atom. The number of Topliss-reactive ketones (excluding diaryl/α,β-unsaturated/α-hetero) is 1. The van der Waals surface area contributed by atoms with Gasteiger partial charge in [-0.05, 0) is 42.8 Å². The van der Waals surface area contributed by atoms with Crippen molar-refractivity contribution in [3.63, 3.8) is 0 Å². The number of carbonyl (C=O) groups excluding carboxylic acids is 2. The number of nitrogens with zero attached hydrogens (tertiary/aromatic N) is 2. The number of amides is 1. The fourth-order valence-corrected chi connectivity index (χ4v) is 6.88. The van der Waals surface area contributed by atoms with E-state index in [-0.39, 0.29) is 17.6 Å². The summed E-state index contributed by atoms with van der Waals surface area (Å²) in [7, 11) is 5.21. The molecule has 41 heavy (non-hydrogen) atoms. The Hall–Kier alpha value is -4.42. The third-order valence-electron chi connectivity index (χ3n) is 8.87. The molecule has 0 N–H and O–H groups in total. The highest BCUT2D eigenvalue weighted by molar-refractivity contribution is 6.13. The summed E-state index contributed by atoms with van der Waals surface area (Å²) in [6, 6.07) is 31.1. The minimum absolute atomic E-state index is 0.0567. The van der Waals surface area contributed by atoms with Crippen LogP contribution in [0, 0.1) is 12.8 Å². The van der Waals surface area contributed by atoms with Gasteiger partial charge in [-0.1, -0.05) is 78.9 Å². The summed E-state index contributed by atoms with van der Waals surface area (Å²) >= 11 is 0. The third-order valence-corrected chi connectivity index (χ3v) is 8.87. The molecule has 2 aliphatic rings. The standard InChI is InChI=1S/C35H34N2O4/c1-23-12-8-9-15-25(23)21-37-30-17-11-10-16-29(30)35(34(37)39)32(33(38)24-13-6-5-7-14-24)28(22-36(35)2)27-19-18-26(40-3)20-31(27)41-4/h5-20,28,32H,21-22H2,1-4H3. The van der Waals surface area contributed by atoms with Gasteiger partial charge in [0.2, 0.25) is 0 Å². The highest BCUT2D eigenvalue weighted by atomic mass is 16.5. The summed E-state index contributed by atoms with van der Waals surface area (Å²) in [5.41, 5.74) is 4.21. The minimum atomic E-state index is -1.18. The van der Waals surface area contributed by atoms with E-state index in [0.717, 1.165) is 27.9 Å². The molecule has 4 aromatic rings. The maximum atomic E-state index is 15.0. The maximum Gasteiger partial charge on any atom is 0.253 e. The fourth-order valence-electron chi connectivity index (χ4n) is 6.88. The third kappa shape index (κ3) is 4.13. The second kappa shape index (κ2) is 10.5. The quantitative estimate of drug-likeness (QED) is 0.267. The molecule has 1 spiro atoms. The topological polar surface area (TPSA) is 59.1 Å². The van der Waals surface area contributed by atoms with E-state index in [1.807, 2.05) is 96.9 Å². The molecule has 3 atom stereocenters. The van der Waals surface area contributed by atoms with Crippen LogP contribution in [0.5, 0.6) is 11.5 Å². The zero-order valence-corrected chi connectivity index (χ0v) is 23.8. The molecule has 0 saturated carbocycles. The van der Waals surface area contributed by atoms with Gasteiger partial charge in [0.15, 0.2) is 5.78 Å². The predicted molar refractivity (Wildman–Crippen MR) is 160 cm³/mol. The van der Waals surface area contributed by atoms with Gasteiger partial charge in [0.05, 0.1) is 26.7 Å². The fraction of sp³-hybridized carbons (Fsp3) is 0.257. The molecule has 2 aliphatic heterocycles. The van der Waals surface area contributed by atoms with Gasteiger partial charge in [-0.25, -0.2) is 0 Å². The molecule has 6 rings (SSSR count). The summed E-state index contributed by atoms with van der Waals surface area (Å²) in [5.74, 6) is 0.189. The molecule has 6 nitrogen and oxygen atoms in total. The molecule has 6 heteroatoms. The van der Waals surface area contributed by atoms with Crippen LogP contribution in [0.4, 0.5) is 5.69 Å². The Labute approximate surface area is 241 Å². The Morgan fingerprint density at radius 2 is 1.61 bits per heavy atom. The van der Waals surface area contributed by atoms with Crippen molar-refractivity contribution in [2.75, 3.05) is 32.7 Å². The Balaban J connectivity index is 1.56. The number of likely N-dealkylation sites (tertiary alicyclic amines) is 1. The van der Waals surface area contributed by atoms with E-state index in [4.69, 9.17) is 9.47 Å². The van der Waals surface area contributed by atoms with Crippen LogP contribution in [-0.4, -0.2) is 44.4 Å². The van der Waals surface area contributed by atoms with Crippen molar-refractivity contribution in [2.45, 2.75) is 24.9 Å². The zero-order chi connectivity index (χ0) is 28.7. The van der Waals surface area contributed by atoms with E-state index in [1.165, 1.54) is 0 Å². The van der Waals surface area contributed by atoms with Gasteiger partial charge in [0.1, 0.15) is 17.0 Å². The van der Waals surface area contributed by atoms with Gasteiger partial charge in [-0.15, -0.1) is 0 Å². The zero-order valence-electron chi connectivity index (χ0n) is 23.8. The monoisotopic (exact) mass is 546 g/mol. The van der Waals surface area contributed by atoms with Crippen LogP contribution in [0.3, 0.4) is 0 Å². The van der Waals surface area contributed by atoms with Crippen LogP contribution in [0.25, 0.3) is 0 Å². The second-order valence-corrected chi connectivity index (χ2v) is 10.9. The lowest BCUT2D eigenvalue weighted by atomic mass is 9.70. The molecule has 2 heterocycles. The Bertz CT molecular complexity index is 1620. The molecular formula is C35H34N2O4. The first kappa shape index (κ1) is 26.8. The minimum Gasteiger partial charge on any atom is -0.497 e. The van der Waals surface area contributed by atoms with Crippen molar-refractivity contribution in [3.8, 4) is 11.5 Å². The number of para-hydroxylation sites is 1. The number of anilines is 1. The number of rotatable bonds is 7. The number of ketones is 1. The van der Waals surface area contributed by atoms with E-state index in [2.05, 4.69) is 24.0 Å². The second-order valence-electron chi connectivity index (χ2n) is 10.9. The van der Waals surface area contributed by atoms with E-state index in [1.54, 1.807) is 14.2 Å². The van der Waals surface area contributed by atoms with Crippen LogP contribution in [-0.2, 0) is 16.9 Å². The lowest BCUT2D eigenvalue weighted by Gasteiger charge is -2.36. The summed E-state index contributed by atoms with van der Waals surface area (Å²) in [6.45, 7) is 3.00. The van der Waals surface area contributed by atoms with Crippen LogP contribution < -0.4 is 14.4 Å². The first-order valence-electron chi connectivity index (χ1n) is 13.9. The number of fused-ring (bicyclic) bond motifs is 2. The Morgan fingerprint density at radius 1 is 0.902 bits per heavy atom. The smallest absolute Gasteiger partial charge is 0.253 e. The van der Waals surface area contributed by atoms with Gasteiger partial charge < -0.3 is 14.4 Å². The lowest BCUT2D eigenvalue weighted by molar-refractivity contribution is -0.129. The van der Waals surface area contributed by atoms with Gasteiger partial charge in [-0.3, -0.25) is 14.5 Å². The number of likely N-dealkylation sites (N-methyl/N-ethyl adjacent to an activating group) is 1. The molecule has 1 saturated heterocycles. The van der Waals surface area contributed by atoms with Crippen LogP contribution >= 0.6 is 0 Å². The number of hydrogen-bond acceptors (Lipinski definition) is 5. The summed E-state index contributed by atoms with van der Waals surface area (Å²) in [6.07, 6.45) is 0. The van der Waals surface area contributed by atoms with Crippen LogP contribution in [0.1, 0.15) is 38.5 Å². The molecule has 3 unspecified atom stereocenters. The normalized spacial score (nSPS) is 21.8. The highest BCUT2D eigenvalue weighted by Crippen LogP contribution is 2.58. The lowest BCUT2D eigenvalue weighted by Crippen LogP contribution is -2.53. The average molecular weight is 547 g/mol. The van der Waals surface area contributed by atoms with E-state index in [0.29, 0.717) is 30.2 Å². The molecule has 0 aliphatic carbocycles. The predicted octanol–water partition coefficient (Wildman–Crippen LogP) is 5.98. The number of hydrogen-bond donors (Lipinski definition) is 0. The van der Waals surface area contributed by atoms with Crippen molar-refractivity contribution in [3.05, 3.63) is 125 Å². The van der Waals surface area contributed by atoms with Crippen molar-refractivity contribution < 1.29 is 19.1 Å². The number of aryl methyl sites for hydroxylation is 1. The molecule has 0 radical (unpaired) electrons. The van der Waals surface area contributed by atoms with Gasteiger partial charge in [0.25, 0.3) is 5.91 Å². The first-order valence-corrected chi connectivity index (χ1v) is 13.9. The Kier molecular flexibility index (Phi) is 6.88. The van der Waals surface area contributed by atoms with E-state index >= 15 is 0 Å². The molecule has 1 fully saturated rings. The van der Waals surface area contributed by atoms with Crippen molar-refractivity contribution in [1.29, 1.82) is 0 Å². The SMILES string of the molecule is COc1ccc(C2CN(C)C3(C(=O)N(Cc4ccccc4C)c4ccccc43)C2C(=O)c2ccccc2)c(OC)c1. The first-order chi connectivity index (χ1) is 19.9. The van der Waals surface area contributed by atoms with Crippen molar-refractivity contribution in [1.82, 2.24) is 4.90 Å². The molecule has 1 amide bonds. The van der Waals surface area contributed by atoms with Gasteiger partial charge in [-0.2, -0.15) is 0 Å². The molecule has 208 valence electrons. The van der Waals surface area contributed by atoms with Gasteiger partial charge >= 0.3 is 0 Å². The van der Waals surface area contributed by atoms with Crippen molar-refractivity contribution in [2.24, 2.45) is 5.92 Å². The summed E-state index contributed by atoms with van der Waals surface area (Å²) < 4.78 is 11.3. The summed E-state index contributed by atoms with van der Waals surface area (Å²) in [5, 5.41) is 0. The number of carbonyl (C=O) groups is 2. The van der Waals surface area contributed by atoms with Crippen LogP contribution in [0.2, 0.25) is 0 Å². The molecule has 0 aromatic heterocycles. The molecule has 4 aromatic carbocycles. The van der Waals surface area contributed by atoms with Crippen LogP contribution in [0.15, 0.2) is 97.1 Å². The summed E-state index contributed by atoms with van der Waals surface area (Å²) in [4.78, 5) is 33.6. The number of ether oxygens (including phenoxy) is 2. The average Bonchev–Trinajstić information content (AvgIpc) is 3.45.